The molecule has 36 heavy (non-hydrogen) atoms. The molecule has 1 aromatic heterocycles. The van der Waals surface area contributed by atoms with Crippen LogP contribution in [0.1, 0.15) is 35.7 Å². The molecule has 8 heteroatoms. The van der Waals surface area contributed by atoms with E-state index in [-0.39, 0.29) is 23.5 Å². The minimum atomic E-state index is -0.339. The fraction of sp³-hybridized carbons (Fsp3) is 0.250. The maximum absolute atomic E-state index is 13.7. The van der Waals surface area contributed by atoms with Gasteiger partial charge in [-0.1, -0.05) is 29.4 Å². The number of nitrogens with zero attached hydrogens (tertiary/aromatic N) is 2. The van der Waals surface area contributed by atoms with Crippen LogP contribution in [-0.2, 0) is 9.53 Å². The van der Waals surface area contributed by atoms with E-state index < -0.39 is 0 Å². The van der Waals surface area contributed by atoms with Crippen LogP contribution in [0.15, 0.2) is 59.1 Å². The van der Waals surface area contributed by atoms with Crippen molar-refractivity contribution in [3.63, 3.8) is 0 Å². The molecule has 0 amide bonds. The van der Waals surface area contributed by atoms with Gasteiger partial charge in [-0.3, -0.25) is 9.59 Å². The molecule has 0 bridgehead atoms. The normalized spacial score (nSPS) is 15.2. The number of hydrogen-bond donors (Lipinski definition) is 1. The number of benzene rings is 3. The van der Waals surface area contributed by atoms with Crippen molar-refractivity contribution in [1.82, 2.24) is 5.16 Å². The fourth-order valence-electron chi connectivity index (χ4n) is 5.19. The number of anilines is 3. The SMILES string of the molecule is CCOC(=O)C1CCN(c2cc(Nc3ccc(F)cc3)c3c4c(onc24)-c2ccccc2C3=O)CC1. The van der Waals surface area contributed by atoms with Crippen molar-refractivity contribution in [2.75, 3.05) is 29.9 Å². The topological polar surface area (TPSA) is 84.7 Å². The number of carbonyl (C=O) groups excluding carboxylic acids is 2. The second-order valence-electron chi connectivity index (χ2n) is 9.07. The molecule has 4 aromatic rings. The average molecular weight is 486 g/mol. The molecule has 1 aliphatic heterocycles. The van der Waals surface area contributed by atoms with Gasteiger partial charge < -0.3 is 19.5 Å². The molecule has 2 heterocycles. The van der Waals surface area contributed by atoms with Crippen LogP contribution in [0.4, 0.5) is 21.5 Å². The smallest absolute Gasteiger partial charge is 0.309 e. The Hall–Kier alpha value is -4.20. The minimum Gasteiger partial charge on any atom is -0.466 e. The highest BCUT2D eigenvalue weighted by Crippen LogP contribution is 2.46. The maximum Gasteiger partial charge on any atom is 0.309 e. The first-order valence-electron chi connectivity index (χ1n) is 12.1. The molecule has 0 atom stereocenters. The van der Waals surface area contributed by atoms with E-state index in [9.17, 15) is 14.0 Å². The van der Waals surface area contributed by atoms with E-state index in [1.54, 1.807) is 18.2 Å². The Morgan fingerprint density at radius 2 is 1.86 bits per heavy atom. The Morgan fingerprint density at radius 1 is 1.14 bits per heavy atom. The molecule has 0 radical (unpaired) electrons. The van der Waals surface area contributed by atoms with Gasteiger partial charge >= 0.3 is 5.97 Å². The molecule has 2 aliphatic rings. The van der Waals surface area contributed by atoms with Crippen LogP contribution in [0.25, 0.3) is 22.2 Å². The van der Waals surface area contributed by atoms with Crippen LogP contribution in [-0.4, -0.2) is 36.6 Å². The molecule has 6 rings (SSSR count). The van der Waals surface area contributed by atoms with Crippen LogP contribution < -0.4 is 10.2 Å². The van der Waals surface area contributed by atoms with Crippen molar-refractivity contribution >= 4 is 39.7 Å². The van der Waals surface area contributed by atoms with Gasteiger partial charge in [0.05, 0.1) is 34.8 Å². The lowest BCUT2D eigenvalue weighted by Gasteiger charge is -2.33. The summed E-state index contributed by atoms with van der Waals surface area (Å²) in [5.41, 5.74) is 4.43. The van der Waals surface area contributed by atoms with Gasteiger partial charge in [0.25, 0.3) is 0 Å². The molecule has 0 spiro atoms. The molecular weight excluding hydrogens is 461 g/mol. The maximum atomic E-state index is 13.7. The van der Waals surface area contributed by atoms with Gasteiger partial charge in [-0.25, -0.2) is 4.39 Å². The minimum absolute atomic E-state index is 0.122. The second-order valence-corrected chi connectivity index (χ2v) is 9.07. The summed E-state index contributed by atoms with van der Waals surface area (Å²) in [5.74, 6) is -0.192. The van der Waals surface area contributed by atoms with Gasteiger partial charge in [-0.05, 0) is 50.1 Å². The number of fused-ring (bicyclic) bond motifs is 2. The van der Waals surface area contributed by atoms with Gasteiger partial charge in [-0.15, -0.1) is 0 Å². The van der Waals surface area contributed by atoms with Gasteiger partial charge in [0.2, 0.25) is 0 Å². The highest BCUT2D eigenvalue weighted by Gasteiger charge is 2.35. The number of rotatable bonds is 5. The first kappa shape index (κ1) is 22.3. The summed E-state index contributed by atoms with van der Waals surface area (Å²) in [7, 11) is 0. The number of hydrogen-bond acceptors (Lipinski definition) is 7. The van der Waals surface area contributed by atoms with Gasteiger partial charge in [0.15, 0.2) is 11.5 Å². The van der Waals surface area contributed by atoms with E-state index in [0.717, 1.165) is 5.69 Å². The van der Waals surface area contributed by atoms with Crippen molar-refractivity contribution in [3.8, 4) is 11.3 Å². The predicted octanol–water partition coefficient (Wildman–Crippen LogP) is 5.70. The molecule has 0 saturated carbocycles. The molecule has 1 aliphatic carbocycles. The Labute approximate surface area is 206 Å². The standard InChI is InChI=1S/C28H24FN3O4/c1-2-35-28(34)16-11-13-32(14-12-16)22-15-21(30-18-9-7-17(29)8-10-18)23-24-25(22)31-36-27(24)20-6-4-3-5-19(20)26(23)33/h3-10,15-16,30H,2,11-14H2,1H3. The number of aromatic nitrogens is 1. The largest absolute Gasteiger partial charge is 0.466 e. The molecule has 182 valence electrons. The quantitative estimate of drug-likeness (QED) is 0.320. The van der Waals surface area contributed by atoms with Crippen LogP contribution in [0.5, 0.6) is 0 Å². The average Bonchev–Trinajstić information content (AvgIpc) is 3.34. The number of ketones is 1. The molecule has 1 fully saturated rings. The Morgan fingerprint density at radius 3 is 2.58 bits per heavy atom. The molecule has 0 unspecified atom stereocenters. The van der Waals surface area contributed by atoms with Crippen molar-refractivity contribution in [3.05, 3.63) is 71.5 Å². The molecule has 1 N–H and O–H groups in total. The van der Waals surface area contributed by atoms with Gasteiger partial charge in [0.1, 0.15) is 11.3 Å². The summed E-state index contributed by atoms with van der Waals surface area (Å²) < 4.78 is 24.6. The molecular formula is C28H24FN3O4. The van der Waals surface area contributed by atoms with Crippen molar-refractivity contribution in [1.29, 1.82) is 0 Å². The highest BCUT2D eigenvalue weighted by atomic mass is 19.1. The zero-order chi connectivity index (χ0) is 24.8. The summed E-state index contributed by atoms with van der Waals surface area (Å²) in [5, 5.41) is 8.39. The van der Waals surface area contributed by atoms with Gasteiger partial charge in [-0.2, -0.15) is 0 Å². The first-order valence-corrected chi connectivity index (χ1v) is 12.1. The fourth-order valence-corrected chi connectivity index (χ4v) is 5.19. The van der Waals surface area contributed by atoms with Crippen LogP contribution in [0, 0.1) is 11.7 Å². The molecule has 1 saturated heterocycles. The van der Waals surface area contributed by atoms with Crippen molar-refractivity contribution in [2.24, 2.45) is 5.92 Å². The number of nitrogens with one attached hydrogen (secondary N) is 1. The van der Waals surface area contributed by atoms with E-state index in [4.69, 9.17) is 9.26 Å². The third-order valence-electron chi connectivity index (χ3n) is 6.96. The summed E-state index contributed by atoms with van der Waals surface area (Å²) in [6, 6.07) is 15.2. The van der Waals surface area contributed by atoms with E-state index >= 15 is 0 Å². The monoisotopic (exact) mass is 485 g/mol. The van der Waals surface area contributed by atoms with E-state index in [1.165, 1.54) is 12.1 Å². The number of ether oxygens (including phenoxy) is 1. The predicted molar refractivity (Wildman–Crippen MR) is 134 cm³/mol. The van der Waals surface area contributed by atoms with Crippen LogP contribution in [0.2, 0.25) is 0 Å². The van der Waals surface area contributed by atoms with E-state index in [0.29, 0.717) is 77.3 Å². The lowest BCUT2D eigenvalue weighted by molar-refractivity contribution is -0.148. The lowest BCUT2D eigenvalue weighted by atomic mass is 9.86. The van der Waals surface area contributed by atoms with Crippen molar-refractivity contribution < 1.29 is 23.2 Å². The van der Waals surface area contributed by atoms with Crippen LogP contribution >= 0.6 is 0 Å². The lowest BCUT2D eigenvalue weighted by Crippen LogP contribution is -2.37. The zero-order valence-corrected chi connectivity index (χ0v) is 19.7. The van der Waals surface area contributed by atoms with Crippen molar-refractivity contribution in [2.45, 2.75) is 19.8 Å². The van der Waals surface area contributed by atoms with E-state index in [1.807, 2.05) is 31.2 Å². The molecule has 7 nitrogen and oxygen atoms in total. The van der Waals surface area contributed by atoms with E-state index in [2.05, 4.69) is 15.4 Å². The van der Waals surface area contributed by atoms with Gasteiger partial charge in [0, 0.05) is 29.9 Å². The summed E-state index contributed by atoms with van der Waals surface area (Å²) in [6.07, 6.45) is 1.32. The first-order chi connectivity index (χ1) is 17.5. The zero-order valence-electron chi connectivity index (χ0n) is 19.7. The summed E-state index contributed by atoms with van der Waals surface area (Å²) in [6.45, 7) is 3.46. The number of carbonyl (C=O) groups is 2. The third-order valence-corrected chi connectivity index (χ3v) is 6.96. The molecule has 3 aromatic carbocycles. The highest BCUT2D eigenvalue weighted by molar-refractivity contribution is 6.28. The second kappa shape index (κ2) is 8.78. The third kappa shape index (κ3) is 3.61. The number of halogens is 1. The Bertz CT molecular complexity index is 1490. The summed E-state index contributed by atoms with van der Waals surface area (Å²) in [4.78, 5) is 28.1. The number of esters is 1. The summed E-state index contributed by atoms with van der Waals surface area (Å²) >= 11 is 0. The Kier molecular flexibility index (Phi) is 5.44. The number of piperidine rings is 1. The Balaban J connectivity index is 1.47. The van der Waals surface area contributed by atoms with Crippen LogP contribution in [0.3, 0.4) is 0 Å².